The van der Waals surface area contributed by atoms with E-state index in [-0.39, 0.29) is 5.41 Å². The van der Waals surface area contributed by atoms with Crippen LogP contribution in [0.5, 0.6) is 0 Å². The molecule has 1 fully saturated rings. The smallest absolute Gasteiger partial charge is 0.0709 e. The van der Waals surface area contributed by atoms with E-state index in [2.05, 4.69) is 18.9 Å². The lowest BCUT2D eigenvalue weighted by atomic mass is 9.87. The molecule has 0 spiro atoms. The van der Waals surface area contributed by atoms with Gasteiger partial charge in [0.05, 0.1) is 11.3 Å². The molecule has 1 saturated carbocycles. The van der Waals surface area contributed by atoms with Gasteiger partial charge in [-0.15, -0.1) is 0 Å². The Hall–Kier alpha value is -0.830. The van der Waals surface area contributed by atoms with Crippen LogP contribution < -0.4 is 0 Å². The summed E-state index contributed by atoms with van der Waals surface area (Å²) in [5, 5.41) is 14.8. The first kappa shape index (κ1) is 10.7. The SMILES string of the molecule is Cn1ccc(CC2(O)CCC(C)(C)C2)n1. The zero-order chi connectivity index (χ0) is 11.1. The Morgan fingerprint density at radius 2 is 2.20 bits per heavy atom. The van der Waals surface area contributed by atoms with Crippen LogP contribution >= 0.6 is 0 Å². The molecule has 1 aliphatic rings. The van der Waals surface area contributed by atoms with E-state index in [1.165, 1.54) is 0 Å². The monoisotopic (exact) mass is 208 g/mol. The number of hydrogen-bond donors (Lipinski definition) is 1. The molecule has 0 radical (unpaired) electrons. The first-order valence-corrected chi connectivity index (χ1v) is 5.60. The van der Waals surface area contributed by atoms with Crippen molar-refractivity contribution in [3.8, 4) is 0 Å². The van der Waals surface area contributed by atoms with Crippen LogP contribution in [0.1, 0.15) is 38.8 Å². The summed E-state index contributed by atoms with van der Waals surface area (Å²) in [6, 6.07) is 1.99. The zero-order valence-electron chi connectivity index (χ0n) is 9.82. The first-order chi connectivity index (χ1) is 6.89. The summed E-state index contributed by atoms with van der Waals surface area (Å²) in [6.07, 6.45) is 5.51. The molecule has 2 rings (SSSR count). The Bertz CT molecular complexity index is 356. The quantitative estimate of drug-likeness (QED) is 0.806. The van der Waals surface area contributed by atoms with Gasteiger partial charge >= 0.3 is 0 Å². The number of aromatic nitrogens is 2. The third-order valence-electron chi connectivity index (χ3n) is 3.35. The second kappa shape index (κ2) is 3.34. The Balaban J connectivity index is 2.06. The van der Waals surface area contributed by atoms with Gasteiger partial charge in [0.25, 0.3) is 0 Å². The fourth-order valence-electron chi connectivity index (χ4n) is 2.68. The molecule has 0 aliphatic heterocycles. The molecule has 1 atom stereocenters. The molecule has 0 amide bonds. The molecule has 1 N–H and O–H groups in total. The van der Waals surface area contributed by atoms with E-state index >= 15 is 0 Å². The van der Waals surface area contributed by atoms with Crippen LogP contribution in [0.15, 0.2) is 12.3 Å². The summed E-state index contributed by atoms with van der Waals surface area (Å²) in [5.41, 5.74) is 0.749. The Kier molecular flexibility index (Phi) is 2.38. The molecule has 15 heavy (non-hydrogen) atoms. The molecule has 0 aromatic carbocycles. The molecule has 84 valence electrons. The molecular formula is C12H20N2O. The predicted molar refractivity (Wildman–Crippen MR) is 59.5 cm³/mol. The highest BCUT2D eigenvalue weighted by molar-refractivity contribution is 5.07. The van der Waals surface area contributed by atoms with E-state index in [9.17, 15) is 5.11 Å². The van der Waals surface area contributed by atoms with Gasteiger partial charge in [-0.25, -0.2) is 0 Å². The molecule has 1 unspecified atom stereocenters. The molecule has 3 heteroatoms. The largest absolute Gasteiger partial charge is 0.389 e. The number of aliphatic hydroxyl groups is 1. The van der Waals surface area contributed by atoms with Crippen molar-refractivity contribution >= 4 is 0 Å². The summed E-state index contributed by atoms with van der Waals surface area (Å²) < 4.78 is 1.79. The van der Waals surface area contributed by atoms with Crippen LogP contribution in [-0.2, 0) is 13.5 Å². The van der Waals surface area contributed by atoms with Crippen molar-refractivity contribution in [3.63, 3.8) is 0 Å². The van der Waals surface area contributed by atoms with Crippen LogP contribution in [0.3, 0.4) is 0 Å². The van der Waals surface area contributed by atoms with Crippen LogP contribution in [0.4, 0.5) is 0 Å². The molecule has 1 aliphatic carbocycles. The fourth-order valence-corrected chi connectivity index (χ4v) is 2.68. The van der Waals surface area contributed by atoms with Gasteiger partial charge in [0, 0.05) is 19.7 Å². The van der Waals surface area contributed by atoms with E-state index in [0.29, 0.717) is 6.42 Å². The van der Waals surface area contributed by atoms with Crippen molar-refractivity contribution in [2.24, 2.45) is 12.5 Å². The molecule has 1 aromatic heterocycles. The van der Waals surface area contributed by atoms with Gasteiger partial charge in [-0.05, 0) is 30.7 Å². The van der Waals surface area contributed by atoms with Crippen molar-refractivity contribution in [2.75, 3.05) is 0 Å². The van der Waals surface area contributed by atoms with Gasteiger partial charge in [-0.2, -0.15) is 5.10 Å². The predicted octanol–water partition coefficient (Wildman–Crippen LogP) is 1.90. The lowest BCUT2D eigenvalue weighted by Gasteiger charge is -2.24. The Labute approximate surface area is 91.1 Å². The minimum Gasteiger partial charge on any atom is -0.389 e. The third kappa shape index (κ3) is 2.40. The zero-order valence-corrected chi connectivity index (χ0v) is 9.82. The molecule has 1 heterocycles. The van der Waals surface area contributed by atoms with Crippen molar-refractivity contribution in [3.05, 3.63) is 18.0 Å². The van der Waals surface area contributed by atoms with Crippen molar-refractivity contribution in [2.45, 2.75) is 45.1 Å². The second-order valence-corrected chi connectivity index (χ2v) is 5.72. The van der Waals surface area contributed by atoms with E-state index in [1.807, 2.05) is 19.3 Å². The van der Waals surface area contributed by atoms with E-state index < -0.39 is 5.60 Å². The van der Waals surface area contributed by atoms with E-state index in [0.717, 1.165) is 25.0 Å². The number of nitrogens with zero attached hydrogens (tertiary/aromatic N) is 2. The van der Waals surface area contributed by atoms with Gasteiger partial charge in [0.15, 0.2) is 0 Å². The molecule has 3 nitrogen and oxygen atoms in total. The lowest BCUT2D eigenvalue weighted by Crippen LogP contribution is -2.29. The summed E-state index contributed by atoms with van der Waals surface area (Å²) >= 11 is 0. The Morgan fingerprint density at radius 3 is 2.67 bits per heavy atom. The summed E-state index contributed by atoms with van der Waals surface area (Å²) in [7, 11) is 1.91. The molecule has 0 saturated heterocycles. The maximum Gasteiger partial charge on any atom is 0.0709 e. The van der Waals surface area contributed by atoms with Crippen LogP contribution in [0, 0.1) is 5.41 Å². The third-order valence-corrected chi connectivity index (χ3v) is 3.35. The summed E-state index contributed by atoms with van der Waals surface area (Å²) in [4.78, 5) is 0. The maximum absolute atomic E-state index is 10.4. The van der Waals surface area contributed by atoms with Crippen molar-refractivity contribution < 1.29 is 5.11 Å². The highest BCUT2D eigenvalue weighted by atomic mass is 16.3. The van der Waals surface area contributed by atoms with E-state index in [4.69, 9.17) is 0 Å². The Morgan fingerprint density at radius 1 is 1.47 bits per heavy atom. The molecule has 0 bridgehead atoms. The van der Waals surface area contributed by atoms with Crippen LogP contribution in [0.2, 0.25) is 0 Å². The number of rotatable bonds is 2. The molecule has 1 aromatic rings. The number of hydrogen-bond acceptors (Lipinski definition) is 2. The van der Waals surface area contributed by atoms with Gasteiger partial charge in [0.1, 0.15) is 0 Å². The average molecular weight is 208 g/mol. The van der Waals surface area contributed by atoms with Gasteiger partial charge in [0.2, 0.25) is 0 Å². The fraction of sp³-hybridized carbons (Fsp3) is 0.750. The highest BCUT2D eigenvalue weighted by Gasteiger charge is 2.41. The molecular weight excluding hydrogens is 188 g/mol. The van der Waals surface area contributed by atoms with Crippen molar-refractivity contribution in [1.29, 1.82) is 0 Å². The number of aryl methyl sites for hydroxylation is 1. The van der Waals surface area contributed by atoms with E-state index in [1.54, 1.807) is 4.68 Å². The summed E-state index contributed by atoms with van der Waals surface area (Å²) in [5.74, 6) is 0. The van der Waals surface area contributed by atoms with Gasteiger partial charge in [-0.3, -0.25) is 4.68 Å². The minimum atomic E-state index is -0.530. The first-order valence-electron chi connectivity index (χ1n) is 5.60. The topological polar surface area (TPSA) is 38.0 Å². The lowest BCUT2D eigenvalue weighted by molar-refractivity contribution is 0.0368. The normalized spacial score (nSPS) is 29.6. The van der Waals surface area contributed by atoms with Crippen molar-refractivity contribution in [1.82, 2.24) is 9.78 Å². The van der Waals surface area contributed by atoms with Crippen LogP contribution in [0.25, 0.3) is 0 Å². The van der Waals surface area contributed by atoms with Crippen LogP contribution in [-0.4, -0.2) is 20.5 Å². The second-order valence-electron chi connectivity index (χ2n) is 5.72. The minimum absolute atomic E-state index is 0.281. The standard InChI is InChI=1S/C12H20N2O/c1-11(2)5-6-12(15,9-11)8-10-4-7-14(3)13-10/h4,7,15H,5-6,8-9H2,1-3H3. The summed E-state index contributed by atoms with van der Waals surface area (Å²) in [6.45, 7) is 4.45. The average Bonchev–Trinajstić information content (AvgIpc) is 2.57. The maximum atomic E-state index is 10.4. The van der Waals surface area contributed by atoms with Gasteiger partial charge < -0.3 is 5.11 Å². The van der Waals surface area contributed by atoms with Gasteiger partial charge in [-0.1, -0.05) is 13.8 Å². The highest BCUT2D eigenvalue weighted by Crippen LogP contribution is 2.44.